The molecule has 11 heteroatoms. The average Bonchev–Trinajstić information content (AvgIpc) is 3.59. The van der Waals surface area contributed by atoms with Gasteiger partial charge >= 0.3 is 6.09 Å². The van der Waals surface area contributed by atoms with Gasteiger partial charge < -0.3 is 15.4 Å². The summed E-state index contributed by atoms with van der Waals surface area (Å²) in [5, 5.41) is 5.89. The first kappa shape index (κ1) is 27.3. The summed E-state index contributed by atoms with van der Waals surface area (Å²) < 4.78 is 34.1. The molecule has 1 aromatic carbocycles. The molecule has 7 unspecified atom stereocenters. The van der Waals surface area contributed by atoms with E-state index in [1.165, 1.54) is 46.3 Å². The van der Waals surface area contributed by atoms with Crippen LogP contribution in [-0.2, 0) is 24.3 Å². The Bertz CT molecular complexity index is 1350. The van der Waals surface area contributed by atoms with E-state index in [1.54, 1.807) is 20.8 Å². The lowest BCUT2D eigenvalue weighted by atomic mass is 9.61. The Balaban J connectivity index is 1.21. The van der Waals surface area contributed by atoms with E-state index in [0.29, 0.717) is 22.9 Å². The van der Waals surface area contributed by atoms with Crippen LogP contribution < -0.4 is 10.6 Å². The van der Waals surface area contributed by atoms with E-state index in [4.69, 9.17) is 4.74 Å². The topological polar surface area (TPSA) is 125 Å². The summed E-state index contributed by atoms with van der Waals surface area (Å²) in [5.74, 6) is 1.85. The van der Waals surface area contributed by atoms with Crippen molar-refractivity contribution >= 4 is 33.6 Å². The number of carbonyl (C=O) groups excluding carboxylic acids is 3. The minimum absolute atomic E-state index is 0.0292. The van der Waals surface area contributed by atoms with E-state index in [2.05, 4.69) is 17.2 Å². The third-order valence-corrected chi connectivity index (χ3v) is 11.6. The van der Waals surface area contributed by atoms with E-state index in [9.17, 15) is 22.8 Å². The van der Waals surface area contributed by atoms with E-state index >= 15 is 0 Å². The van der Waals surface area contributed by atoms with Crippen molar-refractivity contribution < 1.29 is 27.5 Å². The lowest BCUT2D eigenvalue weighted by Gasteiger charge is -2.45. The fraction of sp³-hybridized carbons (Fsp3) is 0.621. The summed E-state index contributed by atoms with van der Waals surface area (Å²) >= 11 is 0. The van der Waals surface area contributed by atoms with E-state index in [1.807, 2.05) is 0 Å². The highest BCUT2D eigenvalue weighted by atomic mass is 32.2. The second-order valence-corrected chi connectivity index (χ2v) is 15.1. The quantitative estimate of drug-likeness (QED) is 0.507. The lowest BCUT2D eigenvalue weighted by Crippen LogP contribution is -2.63. The number of nitrogens with one attached hydrogen (secondary N) is 2. The van der Waals surface area contributed by atoms with Gasteiger partial charge in [-0.15, -0.1) is 0 Å². The van der Waals surface area contributed by atoms with Gasteiger partial charge in [-0.25, -0.2) is 13.2 Å². The number of hydrogen-bond donors (Lipinski definition) is 2. The largest absolute Gasteiger partial charge is 0.444 e. The number of benzene rings is 1. The van der Waals surface area contributed by atoms with Crippen molar-refractivity contribution in [2.45, 2.75) is 69.0 Å². The zero-order valence-corrected chi connectivity index (χ0v) is 24.1. The second kappa shape index (κ2) is 9.30. The Morgan fingerprint density at radius 2 is 1.77 bits per heavy atom. The Kier molecular flexibility index (Phi) is 6.34. The molecule has 2 bridgehead atoms. The first-order valence-corrected chi connectivity index (χ1v) is 15.6. The number of carbonyl (C=O) groups is 3. The molecule has 10 nitrogen and oxygen atoms in total. The first-order valence-electron chi connectivity index (χ1n) is 14.2. The molecule has 216 valence electrons. The highest BCUT2D eigenvalue weighted by molar-refractivity contribution is 7.89. The zero-order chi connectivity index (χ0) is 28.6. The van der Waals surface area contributed by atoms with Crippen molar-refractivity contribution in [2.75, 3.05) is 25.0 Å². The summed E-state index contributed by atoms with van der Waals surface area (Å²) in [7, 11) is -3.97. The number of fused-ring (bicyclic) bond motifs is 1. The maximum absolute atomic E-state index is 13.9. The van der Waals surface area contributed by atoms with Gasteiger partial charge in [-0.1, -0.05) is 6.58 Å². The number of hydrogen-bond acceptors (Lipinski definition) is 6. The number of ether oxygens (including phenoxy) is 1. The van der Waals surface area contributed by atoms with Crippen LogP contribution in [0.5, 0.6) is 0 Å². The van der Waals surface area contributed by atoms with Gasteiger partial charge in [-0.2, -0.15) is 4.31 Å². The van der Waals surface area contributed by atoms with Gasteiger partial charge in [0.05, 0.1) is 4.90 Å². The molecule has 4 aliphatic carbocycles. The lowest BCUT2D eigenvalue weighted by molar-refractivity contribution is -0.129. The van der Waals surface area contributed by atoms with Crippen molar-refractivity contribution in [1.29, 1.82) is 0 Å². The van der Waals surface area contributed by atoms with E-state index in [0.717, 1.165) is 30.8 Å². The molecule has 4 saturated carbocycles. The average molecular weight is 571 g/mol. The standard InChI is InChI=1S/C29H38N4O6S/c1-5-24(34)30-19-6-8-20(9-7-19)40(37,38)32-10-11-33(27(36)39-28(2,3)4)23(16-32)26(35)31-25-17-12-18-14-29(15-22(25)29)21(18)13-17/h5-9,17-18,21-23,25H,1,10-16H2,2-4H3,(H,30,34)(H,31,35). The molecule has 5 aliphatic rings. The van der Waals surface area contributed by atoms with Gasteiger partial charge in [-0.05, 0) is 106 Å². The normalized spacial score (nSPS) is 34.2. The number of sulfonamides is 1. The van der Waals surface area contributed by atoms with Crippen molar-refractivity contribution in [3.8, 4) is 0 Å². The van der Waals surface area contributed by atoms with Crippen molar-refractivity contribution in [1.82, 2.24) is 14.5 Å². The summed E-state index contributed by atoms with van der Waals surface area (Å²) in [5.41, 5.74) is 0.0983. The van der Waals surface area contributed by atoms with E-state index in [-0.39, 0.29) is 36.5 Å². The molecular weight excluding hydrogens is 532 g/mol. The summed E-state index contributed by atoms with van der Waals surface area (Å²) in [6, 6.07) is 4.92. The summed E-state index contributed by atoms with van der Waals surface area (Å²) in [6.07, 6.45) is 5.26. The SMILES string of the molecule is C=CC(=O)Nc1ccc(S(=O)(=O)N2CCN(C(=O)OC(C)(C)C)C(C(=O)NC3C4CC5CC6(CC36)C5C4)C2)cc1. The minimum atomic E-state index is -3.97. The minimum Gasteiger partial charge on any atom is -0.444 e. The van der Waals surface area contributed by atoms with Gasteiger partial charge in [-0.3, -0.25) is 14.5 Å². The fourth-order valence-corrected chi connectivity index (χ4v) is 9.40. The maximum Gasteiger partial charge on any atom is 0.411 e. The molecule has 3 amide bonds. The van der Waals surface area contributed by atoms with Crippen molar-refractivity contribution in [2.24, 2.45) is 29.1 Å². The van der Waals surface area contributed by atoms with Crippen LogP contribution in [0.1, 0.15) is 46.5 Å². The molecule has 0 radical (unpaired) electrons. The highest BCUT2D eigenvalue weighted by Crippen LogP contribution is 2.80. The van der Waals surface area contributed by atoms with Crippen LogP contribution in [0.2, 0.25) is 0 Å². The van der Waals surface area contributed by atoms with Gasteiger partial charge in [0.25, 0.3) is 0 Å². The molecule has 40 heavy (non-hydrogen) atoms. The summed E-state index contributed by atoms with van der Waals surface area (Å²) in [6.45, 7) is 8.59. The van der Waals surface area contributed by atoms with Crippen LogP contribution in [0.25, 0.3) is 0 Å². The monoisotopic (exact) mass is 570 g/mol. The molecule has 5 fully saturated rings. The Morgan fingerprint density at radius 3 is 2.45 bits per heavy atom. The summed E-state index contributed by atoms with van der Waals surface area (Å²) in [4.78, 5) is 40.0. The second-order valence-electron chi connectivity index (χ2n) is 13.2. The van der Waals surface area contributed by atoms with Gasteiger partial charge in [0, 0.05) is 31.4 Å². The van der Waals surface area contributed by atoms with Crippen LogP contribution in [0.3, 0.4) is 0 Å². The zero-order valence-electron chi connectivity index (χ0n) is 23.3. The molecule has 0 aromatic heterocycles. The number of nitrogens with zero attached hydrogens (tertiary/aromatic N) is 2. The molecule has 1 aromatic rings. The molecule has 7 atom stereocenters. The number of amides is 3. The molecule has 1 aliphatic heterocycles. The Morgan fingerprint density at radius 1 is 1.05 bits per heavy atom. The van der Waals surface area contributed by atoms with Gasteiger partial charge in [0.2, 0.25) is 21.8 Å². The molecule has 1 saturated heterocycles. The third kappa shape index (κ3) is 4.51. The van der Waals surface area contributed by atoms with Crippen LogP contribution in [0.15, 0.2) is 41.8 Å². The molecule has 6 rings (SSSR count). The fourth-order valence-electron chi connectivity index (χ4n) is 7.97. The third-order valence-electron chi connectivity index (χ3n) is 9.76. The van der Waals surface area contributed by atoms with Crippen LogP contribution in [-0.4, -0.2) is 72.8 Å². The van der Waals surface area contributed by atoms with Crippen molar-refractivity contribution in [3.05, 3.63) is 36.9 Å². The van der Waals surface area contributed by atoms with Crippen LogP contribution >= 0.6 is 0 Å². The molecule has 1 spiro atoms. The smallest absolute Gasteiger partial charge is 0.411 e. The van der Waals surface area contributed by atoms with Gasteiger partial charge in [0.1, 0.15) is 11.6 Å². The molecule has 1 heterocycles. The molecule has 2 N–H and O–H groups in total. The molecular formula is C29H38N4O6S. The van der Waals surface area contributed by atoms with E-state index < -0.39 is 33.7 Å². The number of rotatable bonds is 6. The number of anilines is 1. The maximum atomic E-state index is 13.9. The van der Waals surface area contributed by atoms with Crippen LogP contribution in [0.4, 0.5) is 10.5 Å². The number of piperazine rings is 1. The van der Waals surface area contributed by atoms with Gasteiger partial charge in [0.15, 0.2) is 0 Å². The predicted octanol–water partition coefficient (Wildman–Crippen LogP) is 2.97. The highest BCUT2D eigenvalue weighted by Gasteiger charge is 2.76. The van der Waals surface area contributed by atoms with Crippen molar-refractivity contribution in [3.63, 3.8) is 0 Å². The van der Waals surface area contributed by atoms with Crippen LogP contribution in [0, 0.1) is 29.1 Å². The first-order chi connectivity index (χ1) is 18.8. The Labute approximate surface area is 235 Å². The Hall–Kier alpha value is -2.92. The predicted molar refractivity (Wildman–Crippen MR) is 148 cm³/mol.